The number of fused-ring (bicyclic) bond motifs is 2. The molecule has 7 nitrogen and oxygen atoms in total. The van der Waals surface area contributed by atoms with E-state index in [1.165, 1.54) is 16.1 Å². The van der Waals surface area contributed by atoms with Gasteiger partial charge in [-0.3, -0.25) is 4.79 Å². The standard InChI is InChI=1S/C22H19FN6O/c23-17-9-3-2-8-16(17)22-26-25-20-12-11-19(27-29(20)22)24-14-21(30)28-13-5-7-15-6-1-4-10-18(15)28/h1-4,6,8-12H,5,7,13-14H2,(H,24,27). The van der Waals surface area contributed by atoms with Crippen molar-refractivity contribution in [2.45, 2.75) is 12.8 Å². The van der Waals surface area contributed by atoms with Crippen molar-refractivity contribution >= 4 is 23.1 Å². The van der Waals surface area contributed by atoms with E-state index in [0.717, 1.165) is 18.5 Å². The maximum atomic E-state index is 14.2. The molecule has 1 amide bonds. The highest BCUT2D eigenvalue weighted by atomic mass is 19.1. The van der Waals surface area contributed by atoms with Gasteiger partial charge in [-0.05, 0) is 48.7 Å². The minimum atomic E-state index is -0.397. The van der Waals surface area contributed by atoms with Gasteiger partial charge in [0, 0.05) is 12.2 Å². The third kappa shape index (κ3) is 3.26. The second kappa shape index (κ2) is 7.55. The number of aromatic nitrogens is 4. The molecular weight excluding hydrogens is 383 g/mol. The fourth-order valence-corrected chi connectivity index (χ4v) is 3.75. The summed E-state index contributed by atoms with van der Waals surface area (Å²) in [5, 5.41) is 15.7. The van der Waals surface area contributed by atoms with Gasteiger partial charge in [0.05, 0.1) is 12.1 Å². The van der Waals surface area contributed by atoms with Crippen molar-refractivity contribution in [3.63, 3.8) is 0 Å². The van der Waals surface area contributed by atoms with Crippen molar-refractivity contribution in [2.75, 3.05) is 23.3 Å². The summed E-state index contributed by atoms with van der Waals surface area (Å²) in [6.07, 6.45) is 1.93. The molecule has 0 radical (unpaired) electrons. The first-order chi connectivity index (χ1) is 14.7. The Kier molecular flexibility index (Phi) is 4.59. The molecule has 8 heteroatoms. The Morgan fingerprint density at radius 1 is 1.03 bits per heavy atom. The molecule has 1 N–H and O–H groups in total. The average molecular weight is 402 g/mol. The van der Waals surface area contributed by atoms with Crippen LogP contribution in [0.2, 0.25) is 0 Å². The largest absolute Gasteiger partial charge is 0.360 e. The van der Waals surface area contributed by atoms with Gasteiger partial charge in [-0.1, -0.05) is 30.3 Å². The van der Waals surface area contributed by atoms with E-state index >= 15 is 0 Å². The molecule has 0 unspecified atom stereocenters. The number of nitrogens with zero attached hydrogens (tertiary/aromatic N) is 5. The third-order valence-corrected chi connectivity index (χ3v) is 5.21. The summed E-state index contributed by atoms with van der Waals surface area (Å²) in [6.45, 7) is 0.802. The quantitative estimate of drug-likeness (QED) is 0.567. The fourth-order valence-electron chi connectivity index (χ4n) is 3.75. The van der Waals surface area contributed by atoms with Crippen LogP contribution in [0.4, 0.5) is 15.9 Å². The molecular formula is C22H19FN6O. The van der Waals surface area contributed by atoms with Crippen LogP contribution < -0.4 is 10.2 Å². The predicted molar refractivity (Wildman–Crippen MR) is 112 cm³/mol. The molecule has 0 bridgehead atoms. The number of anilines is 2. The number of rotatable bonds is 4. The highest BCUT2D eigenvalue weighted by Crippen LogP contribution is 2.27. The Bertz CT molecular complexity index is 1240. The number of carbonyl (C=O) groups is 1. The number of hydrogen-bond acceptors (Lipinski definition) is 5. The highest BCUT2D eigenvalue weighted by Gasteiger charge is 2.22. The van der Waals surface area contributed by atoms with Crippen LogP contribution in [0, 0.1) is 5.82 Å². The molecule has 0 saturated heterocycles. The second-order valence-electron chi connectivity index (χ2n) is 7.12. The van der Waals surface area contributed by atoms with Gasteiger partial charge in [-0.25, -0.2) is 4.39 Å². The van der Waals surface area contributed by atoms with Crippen LogP contribution >= 0.6 is 0 Å². The molecule has 5 rings (SSSR count). The van der Waals surface area contributed by atoms with E-state index in [1.54, 1.807) is 30.3 Å². The van der Waals surface area contributed by atoms with Gasteiger partial charge < -0.3 is 10.2 Å². The summed E-state index contributed by atoms with van der Waals surface area (Å²) < 4.78 is 15.7. The molecule has 0 saturated carbocycles. The van der Waals surface area contributed by atoms with E-state index in [4.69, 9.17) is 0 Å². The SMILES string of the molecule is O=C(CNc1ccc2nnc(-c3ccccc3F)n2n1)N1CCCc2ccccc21. The monoisotopic (exact) mass is 402 g/mol. The zero-order chi connectivity index (χ0) is 20.5. The van der Waals surface area contributed by atoms with Gasteiger partial charge >= 0.3 is 0 Å². The number of hydrogen-bond donors (Lipinski definition) is 1. The zero-order valence-electron chi connectivity index (χ0n) is 16.1. The smallest absolute Gasteiger partial charge is 0.246 e. The Labute approximate surface area is 172 Å². The van der Waals surface area contributed by atoms with Crippen LogP contribution in [0.5, 0.6) is 0 Å². The third-order valence-electron chi connectivity index (χ3n) is 5.21. The van der Waals surface area contributed by atoms with Crippen LogP contribution in [0.15, 0.2) is 60.7 Å². The molecule has 4 aromatic rings. The van der Waals surface area contributed by atoms with Crippen molar-refractivity contribution in [1.29, 1.82) is 0 Å². The highest BCUT2D eigenvalue weighted by molar-refractivity contribution is 5.97. The van der Waals surface area contributed by atoms with Crippen molar-refractivity contribution in [3.8, 4) is 11.4 Å². The lowest BCUT2D eigenvalue weighted by Crippen LogP contribution is -2.39. The minimum absolute atomic E-state index is 0.0258. The first-order valence-corrected chi connectivity index (χ1v) is 9.80. The summed E-state index contributed by atoms with van der Waals surface area (Å²) in [5.41, 5.74) is 2.97. The Morgan fingerprint density at radius 3 is 2.77 bits per heavy atom. The lowest BCUT2D eigenvalue weighted by atomic mass is 10.0. The zero-order valence-corrected chi connectivity index (χ0v) is 16.1. The van der Waals surface area contributed by atoms with E-state index in [0.29, 0.717) is 29.4 Å². The van der Waals surface area contributed by atoms with Crippen molar-refractivity contribution in [1.82, 2.24) is 19.8 Å². The van der Waals surface area contributed by atoms with E-state index in [1.807, 2.05) is 23.1 Å². The number of amides is 1. The summed E-state index contributed by atoms with van der Waals surface area (Å²) in [7, 11) is 0. The number of benzene rings is 2. The summed E-state index contributed by atoms with van der Waals surface area (Å²) in [6, 6.07) is 17.8. The lowest BCUT2D eigenvalue weighted by molar-refractivity contribution is -0.117. The fraction of sp³-hybridized carbons (Fsp3) is 0.182. The van der Waals surface area contributed by atoms with Crippen LogP contribution in [0.3, 0.4) is 0 Å². The predicted octanol–water partition coefficient (Wildman–Crippen LogP) is 3.32. The Morgan fingerprint density at radius 2 is 1.87 bits per heavy atom. The molecule has 2 aromatic heterocycles. The molecule has 30 heavy (non-hydrogen) atoms. The van der Waals surface area contributed by atoms with E-state index in [9.17, 15) is 9.18 Å². The molecule has 3 heterocycles. The van der Waals surface area contributed by atoms with Gasteiger partial charge in [0.15, 0.2) is 11.5 Å². The number of aryl methyl sites for hydroxylation is 1. The van der Waals surface area contributed by atoms with Gasteiger partial charge in [-0.15, -0.1) is 15.3 Å². The van der Waals surface area contributed by atoms with Crippen molar-refractivity contribution < 1.29 is 9.18 Å². The first kappa shape index (κ1) is 18.2. The molecule has 0 spiro atoms. The normalized spacial score (nSPS) is 13.3. The minimum Gasteiger partial charge on any atom is -0.360 e. The molecule has 2 aromatic carbocycles. The van der Waals surface area contributed by atoms with E-state index in [2.05, 4.69) is 26.7 Å². The molecule has 0 fully saturated rings. The van der Waals surface area contributed by atoms with Gasteiger partial charge in [0.1, 0.15) is 11.6 Å². The maximum Gasteiger partial charge on any atom is 0.246 e. The van der Waals surface area contributed by atoms with Gasteiger partial charge in [-0.2, -0.15) is 4.52 Å². The summed E-state index contributed by atoms with van der Waals surface area (Å²) in [4.78, 5) is 14.6. The molecule has 0 atom stereocenters. The summed E-state index contributed by atoms with van der Waals surface area (Å²) >= 11 is 0. The first-order valence-electron chi connectivity index (χ1n) is 9.80. The van der Waals surface area contributed by atoms with Crippen LogP contribution in [0.1, 0.15) is 12.0 Å². The number of carbonyl (C=O) groups excluding carboxylic acids is 1. The van der Waals surface area contributed by atoms with E-state index < -0.39 is 5.82 Å². The average Bonchev–Trinajstić information content (AvgIpc) is 3.20. The Hall–Kier alpha value is -3.81. The van der Waals surface area contributed by atoms with E-state index in [-0.39, 0.29) is 12.5 Å². The van der Waals surface area contributed by atoms with Gasteiger partial charge in [0.25, 0.3) is 0 Å². The molecule has 0 aliphatic carbocycles. The molecule has 1 aliphatic heterocycles. The maximum absolute atomic E-state index is 14.2. The molecule has 150 valence electrons. The number of para-hydroxylation sites is 1. The number of nitrogens with one attached hydrogen (secondary N) is 1. The van der Waals surface area contributed by atoms with Gasteiger partial charge in [0.2, 0.25) is 5.91 Å². The van der Waals surface area contributed by atoms with Crippen LogP contribution in [-0.2, 0) is 11.2 Å². The Balaban J connectivity index is 1.37. The van der Waals surface area contributed by atoms with Crippen molar-refractivity contribution in [3.05, 3.63) is 72.0 Å². The second-order valence-corrected chi connectivity index (χ2v) is 7.12. The number of halogens is 1. The topological polar surface area (TPSA) is 75.4 Å². The summed E-state index contributed by atoms with van der Waals surface area (Å²) in [5.74, 6) is 0.370. The van der Waals surface area contributed by atoms with Crippen LogP contribution in [-0.4, -0.2) is 38.8 Å². The van der Waals surface area contributed by atoms with Crippen molar-refractivity contribution in [2.24, 2.45) is 0 Å². The van der Waals surface area contributed by atoms with Crippen LogP contribution in [0.25, 0.3) is 17.0 Å². The lowest BCUT2D eigenvalue weighted by Gasteiger charge is -2.29. The molecule has 1 aliphatic rings.